The van der Waals surface area contributed by atoms with Gasteiger partial charge in [-0.3, -0.25) is 14.7 Å². The number of halogens is 1. The third-order valence-electron chi connectivity index (χ3n) is 6.76. The predicted molar refractivity (Wildman–Crippen MR) is 174 cm³/mol. The standard InChI is InChI=1S/C34H28ClN5O2S/c1-3-22-39(31-24-40(37-32(31)35)29-20-13-21-36-23-29)33(41)30(38-42-2)25-43-34(26-14-7-4-8-15-26,27-16-9-5-10-17-27)28-18-11-6-12-19-28/h1,4-21,23-24H,22,25H2,2H3/b38-30+. The first-order valence-corrected chi connectivity index (χ1v) is 14.8. The molecule has 0 aliphatic rings. The van der Waals surface area contributed by atoms with Crippen LogP contribution in [0.2, 0.25) is 5.15 Å². The Morgan fingerprint density at radius 1 is 0.977 bits per heavy atom. The van der Waals surface area contributed by atoms with E-state index in [9.17, 15) is 4.79 Å². The molecule has 0 aliphatic heterocycles. The molecule has 2 heterocycles. The third-order valence-corrected chi connectivity index (χ3v) is 8.59. The van der Waals surface area contributed by atoms with Gasteiger partial charge in [0, 0.05) is 11.9 Å². The fraction of sp³-hybridized carbons (Fsp3) is 0.118. The van der Waals surface area contributed by atoms with Crippen molar-refractivity contribution in [3.63, 3.8) is 0 Å². The van der Waals surface area contributed by atoms with Gasteiger partial charge in [-0.1, -0.05) is 114 Å². The summed E-state index contributed by atoms with van der Waals surface area (Å²) < 4.78 is 0.882. The van der Waals surface area contributed by atoms with Gasteiger partial charge in [0.2, 0.25) is 0 Å². The fourth-order valence-corrected chi connectivity index (χ4v) is 6.51. The molecule has 3 aromatic carbocycles. The third kappa shape index (κ3) is 6.33. The SMILES string of the molecule is C#CCN(C(=O)/C(CSC(c1ccccc1)(c1ccccc1)c1ccccc1)=N/OC)c1cn(-c2cccnc2)nc1Cl. The van der Waals surface area contributed by atoms with Crippen LogP contribution in [0.25, 0.3) is 5.69 Å². The molecule has 0 spiro atoms. The molecule has 0 atom stereocenters. The lowest BCUT2D eigenvalue weighted by Crippen LogP contribution is -2.39. The van der Waals surface area contributed by atoms with E-state index in [1.165, 1.54) is 12.0 Å². The molecule has 9 heteroatoms. The lowest BCUT2D eigenvalue weighted by atomic mass is 9.84. The number of amides is 1. The van der Waals surface area contributed by atoms with Crippen LogP contribution in [-0.2, 0) is 14.4 Å². The average molecular weight is 606 g/mol. The van der Waals surface area contributed by atoms with Crippen molar-refractivity contribution in [2.24, 2.45) is 5.16 Å². The molecule has 2 aromatic heterocycles. The van der Waals surface area contributed by atoms with E-state index in [1.54, 1.807) is 41.1 Å². The maximum Gasteiger partial charge on any atom is 0.277 e. The maximum absolute atomic E-state index is 14.1. The molecule has 43 heavy (non-hydrogen) atoms. The highest BCUT2D eigenvalue weighted by molar-refractivity contribution is 8.01. The first-order chi connectivity index (χ1) is 21.1. The zero-order chi connectivity index (χ0) is 30.1. The van der Waals surface area contributed by atoms with Gasteiger partial charge >= 0.3 is 0 Å². The number of terminal acetylenes is 1. The van der Waals surface area contributed by atoms with Crippen LogP contribution in [0.5, 0.6) is 0 Å². The molecule has 0 aliphatic carbocycles. The number of thioether (sulfide) groups is 1. The predicted octanol–water partition coefficient (Wildman–Crippen LogP) is 6.61. The van der Waals surface area contributed by atoms with Crippen LogP contribution in [0.15, 0.2) is 127 Å². The van der Waals surface area contributed by atoms with Gasteiger partial charge in [-0.2, -0.15) is 5.10 Å². The van der Waals surface area contributed by atoms with Crippen LogP contribution >= 0.6 is 23.4 Å². The van der Waals surface area contributed by atoms with E-state index in [0.717, 1.165) is 16.7 Å². The molecule has 5 rings (SSSR count). The molecule has 0 bridgehead atoms. The minimum atomic E-state index is -0.668. The Morgan fingerprint density at radius 2 is 1.56 bits per heavy atom. The van der Waals surface area contributed by atoms with E-state index in [0.29, 0.717) is 11.4 Å². The Kier molecular flexibility index (Phi) is 9.57. The highest BCUT2D eigenvalue weighted by Gasteiger charge is 2.38. The van der Waals surface area contributed by atoms with Crippen LogP contribution in [-0.4, -0.2) is 45.8 Å². The number of benzene rings is 3. The van der Waals surface area contributed by atoms with Crippen molar-refractivity contribution in [3.8, 4) is 18.0 Å². The Labute approximate surface area is 260 Å². The largest absolute Gasteiger partial charge is 0.399 e. The summed E-state index contributed by atoms with van der Waals surface area (Å²) in [6, 6.07) is 34.3. The van der Waals surface area contributed by atoms with Gasteiger partial charge in [0.15, 0.2) is 10.9 Å². The molecule has 0 unspecified atom stereocenters. The molecule has 7 nitrogen and oxygen atoms in total. The quantitative estimate of drug-likeness (QED) is 0.0733. The first kappa shape index (κ1) is 29.6. The van der Waals surface area contributed by atoms with Gasteiger partial charge in [-0.25, -0.2) is 4.68 Å². The number of nitrogens with zero attached hydrogens (tertiary/aromatic N) is 5. The maximum atomic E-state index is 14.1. The number of pyridine rings is 1. The van der Waals surface area contributed by atoms with Gasteiger partial charge in [-0.15, -0.1) is 18.2 Å². The second-order valence-corrected chi connectivity index (χ2v) is 10.9. The molecular formula is C34H28ClN5O2S. The van der Waals surface area contributed by atoms with E-state index in [2.05, 4.69) is 57.6 Å². The number of aromatic nitrogens is 3. The Balaban J connectivity index is 1.55. The molecule has 1 amide bonds. The van der Waals surface area contributed by atoms with Crippen molar-refractivity contribution in [1.29, 1.82) is 0 Å². The molecule has 0 saturated carbocycles. The molecular weight excluding hydrogens is 578 g/mol. The second kappa shape index (κ2) is 13.9. The number of hydrogen-bond donors (Lipinski definition) is 0. The lowest BCUT2D eigenvalue weighted by Gasteiger charge is -2.35. The smallest absolute Gasteiger partial charge is 0.277 e. The van der Waals surface area contributed by atoms with Crippen LogP contribution in [0.3, 0.4) is 0 Å². The van der Waals surface area contributed by atoms with E-state index < -0.39 is 10.7 Å². The lowest BCUT2D eigenvalue weighted by molar-refractivity contribution is -0.112. The summed E-state index contributed by atoms with van der Waals surface area (Å²) in [5.41, 5.74) is 4.37. The highest BCUT2D eigenvalue weighted by Crippen LogP contribution is 2.48. The summed E-state index contributed by atoms with van der Waals surface area (Å²) >= 11 is 8.12. The number of rotatable bonds is 11. The van der Waals surface area contributed by atoms with Crippen molar-refractivity contribution in [3.05, 3.63) is 144 Å². The van der Waals surface area contributed by atoms with Gasteiger partial charge in [0.25, 0.3) is 5.91 Å². The van der Waals surface area contributed by atoms with Crippen LogP contribution in [0, 0.1) is 12.3 Å². The topological polar surface area (TPSA) is 72.6 Å². The zero-order valence-corrected chi connectivity index (χ0v) is 24.9. The van der Waals surface area contributed by atoms with Gasteiger partial charge in [-0.05, 0) is 28.8 Å². The van der Waals surface area contributed by atoms with Gasteiger partial charge < -0.3 is 4.84 Å². The van der Waals surface area contributed by atoms with Crippen molar-refractivity contribution >= 4 is 40.7 Å². The summed E-state index contributed by atoms with van der Waals surface area (Å²) in [7, 11) is 1.41. The molecule has 0 radical (unpaired) electrons. The highest BCUT2D eigenvalue weighted by atomic mass is 35.5. The normalized spacial score (nSPS) is 11.5. The summed E-state index contributed by atoms with van der Waals surface area (Å²) in [6.45, 7) is -0.0497. The summed E-state index contributed by atoms with van der Waals surface area (Å²) in [5.74, 6) is 2.32. The van der Waals surface area contributed by atoms with Gasteiger partial charge in [0.05, 0.1) is 29.4 Å². The minimum Gasteiger partial charge on any atom is -0.399 e. The second-order valence-electron chi connectivity index (χ2n) is 9.34. The average Bonchev–Trinajstić information content (AvgIpc) is 3.46. The Hall–Kier alpha value is -4.84. The fourth-order valence-electron chi connectivity index (χ4n) is 4.84. The Morgan fingerprint density at radius 3 is 2.05 bits per heavy atom. The van der Waals surface area contributed by atoms with Gasteiger partial charge in [0.1, 0.15) is 12.8 Å². The number of anilines is 1. The number of carbonyl (C=O) groups excluding carboxylic acids is 1. The van der Waals surface area contributed by atoms with Crippen LogP contribution in [0.1, 0.15) is 16.7 Å². The molecule has 0 saturated heterocycles. The van der Waals surface area contributed by atoms with Crippen molar-refractivity contribution in [2.75, 3.05) is 24.3 Å². The monoisotopic (exact) mass is 605 g/mol. The van der Waals surface area contributed by atoms with E-state index in [1.807, 2.05) is 60.7 Å². The number of carbonyl (C=O) groups is 1. The molecule has 214 valence electrons. The van der Waals surface area contributed by atoms with Crippen LogP contribution in [0.4, 0.5) is 5.69 Å². The summed E-state index contributed by atoms with van der Waals surface area (Å²) in [6.07, 6.45) is 10.7. The van der Waals surface area contributed by atoms with E-state index >= 15 is 0 Å². The summed E-state index contributed by atoms with van der Waals surface area (Å²) in [5, 5.41) is 8.68. The van der Waals surface area contributed by atoms with Crippen molar-refractivity contribution in [1.82, 2.24) is 14.8 Å². The van der Waals surface area contributed by atoms with Crippen LogP contribution < -0.4 is 4.90 Å². The van der Waals surface area contributed by atoms with Crippen molar-refractivity contribution in [2.45, 2.75) is 4.75 Å². The number of oxime groups is 1. The minimum absolute atomic E-state index is 0.0497. The van der Waals surface area contributed by atoms with E-state index in [-0.39, 0.29) is 23.2 Å². The van der Waals surface area contributed by atoms with Crippen molar-refractivity contribution < 1.29 is 9.63 Å². The first-order valence-electron chi connectivity index (χ1n) is 13.4. The Bertz CT molecular complexity index is 1630. The zero-order valence-electron chi connectivity index (χ0n) is 23.4. The van der Waals surface area contributed by atoms with E-state index in [4.69, 9.17) is 22.9 Å². The molecule has 0 N–H and O–H groups in total. The summed E-state index contributed by atoms with van der Waals surface area (Å²) in [4.78, 5) is 24.9. The molecule has 0 fully saturated rings. The number of hydrogen-bond acceptors (Lipinski definition) is 6. The molecule has 5 aromatic rings.